The number of aromatic hydroxyl groups is 2. The van der Waals surface area contributed by atoms with Crippen LogP contribution in [0.3, 0.4) is 0 Å². The minimum atomic E-state index is -1.91. The molecule has 2 aliphatic rings. The zero-order valence-electron chi connectivity index (χ0n) is 74.5. The van der Waals surface area contributed by atoms with Crippen molar-refractivity contribution in [2.45, 2.75) is 172 Å². The fraction of sp³-hybridized carbons (Fsp3) is 0.404. The number of primary amides is 1. The lowest BCUT2D eigenvalue weighted by Crippen LogP contribution is -2.62. The summed E-state index contributed by atoms with van der Waals surface area (Å²) in [6.45, 7) is 6.08. The van der Waals surface area contributed by atoms with Crippen molar-refractivity contribution >= 4 is 134 Å². The molecule has 696 valence electrons. The molecular formula is C94H115N17O19S. The van der Waals surface area contributed by atoms with Gasteiger partial charge in [-0.1, -0.05) is 163 Å². The summed E-state index contributed by atoms with van der Waals surface area (Å²) >= 11 is 0.825. The van der Waals surface area contributed by atoms with Gasteiger partial charge in [-0.05, 0) is 88.4 Å². The Morgan fingerprint density at radius 1 is 0.496 bits per heavy atom. The summed E-state index contributed by atoms with van der Waals surface area (Å²) in [7, 11) is 5.29. The molecule has 36 nitrogen and oxygen atoms in total. The second kappa shape index (κ2) is 46.2. The summed E-state index contributed by atoms with van der Waals surface area (Å²) in [6, 6.07) is 24.1. The van der Waals surface area contributed by atoms with Crippen LogP contribution >= 0.6 is 11.8 Å². The lowest BCUT2D eigenvalue weighted by atomic mass is 9.95. The molecule has 1 saturated heterocycles. The first-order valence-corrected chi connectivity index (χ1v) is 44.5. The Labute approximate surface area is 761 Å². The summed E-state index contributed by atoms with van der Waals surface area (Å²) in [4.78, 5) is 248. The quantitative estimate of drug-likeness (QED) is 0.0492. The molecule has 2 aromatic heterocycles. The van der Waals surface area contributed by atoms with Gasteiger partial charge in [-0.15, -0.1) is 11.8 Å². The fourth-order valence-corrected chi connectivity index (χ4v) is 16.9. The number of anilines is 1. The smallest absolute Gasteiger partial charge is 0.305 e. The van der Waals surface area contributed by atoms with Crippen molar-refractivity contribution in [1.29, 1.82) is 0 Å². The van der Waals surface area contributed by atoms with Crippen LogP contribution in [0.5, 0.6) is 11.5 Å². The normalized spacial score (nSPS) is 22.1. The van der Waals surface area contributed by atoms with E-state index in [1.54, 1.807) is 143 Å². The van der Waals surface area contributed by atoms with E-state index in [-0.39, 0.29) is 74.5 Å². The van der Waals surface area contributed by atoms with Gasteiger partial charge in [-0.2, -0.15) is 0 Å². The number of aliphatic carboxylic acids is 1. The van der Waals surface area contributed by atoms with E-state index in [0.717, 1.165) is 26.5 Å². The number of aromatic nitrogens is 2. The number of nitrogens with zero attached hydrogens (tertiary/aromatic N) is 5. The monoisotopic (exact) mass is 1820 g/mol. The number of fused-ring (bicyclic) bond motifs is 6. The number of hydrogen-bond donors (Lipinski definition) is 15. The molecule has 37 heteroatoms. The zero-order chi connectivity index (χ0) is 95.0. The van der Waals surface area contributed by atoms with E-state index in [1.807, 2.05) is 13.0 Å². The Balaban J connectivity index is 1.04. The van der Waals surface area contributed by atoms with Crippen molar-refractivity contribution in [2.24, 2.45) is 17.6 Å². The predicted molar refractivity (Wildman–Crippen MR) is 489 cm³/mol. The number of phenols is 2. The van der Waals surface area contributed by atoms with E-state index in [9.17, 15) is 44.1 Å². The highest BCUT2D eigenvalue weighted by atomic mass is 32.2. The van der Waals surface area contributed by atoms with Crippen molar-refractivity contribution in [3.05, 3.63) is 197 Å². The summed E-state index contributed by atoms with van der Waals surface area (Å²) < 4.78 is 0. The van der Waals surface area contributed by atoms with E-state index >= 15 is 47.9 Å². The van der Waals surface area contributed by atoms with Gasteiger partial charge in [0.25, 0.3) is 0 Å². The van der Waals surface area contributed by atoms with Gasteiger partial charge in [-0.25, -0.2) is 0 Å². The van der Waals surface area contributed by atoms with Crippen LogP contribution < -0.4 is 58.5 Å². The fourth-order valence-electron chi connectivity index (χ4n) is 16.0. The number of thioether (sulfide) groups is 1. The lowest BCUT2D eigenvalue weighted by molar-refractivity contribution is -0.151. The molecule has 0 saturated carbocycles. The van der Waals surface area contributed by atoms with Crippen molar-refractivity contribution in [3.63, 3.8) is 0 Å². The summed E-state index contributed by atoms with van der Waals surface area (Å²) in [6.07, 6.45) is 1.71. The van der Waals surface area contributed by atoms with Crippen molar-refractivity contribution in [1.82, 2.24) is 77.4 Å². The molecule has 0 unspecified atom stereocenters. The molecule has 131 heavy (non-hydrogen) atoms. The van der Waals surface area contributed by atoms with E-state index in [2.05, 4.69) is 57.8 Å². The molecule has 10 rings (SSSR count). The molecule has 0 radical (unpaired) electrons. The first-order valence-electron chi connectivity index (χ1n) is 43.3. The van der Waals surface area contributed by atoms with Crippen LogP contribution in [-0.4, -0.2) is 265 Å². The van der Waals surface area contributed by atoms with Crippen LogP contribution in [0.25, 0.3) is 21.8 Å². The van der Waals surface area contributed by atoms with Crippen LogP contribution in [0.2, 0.25) is 0 Å². The second-order valence-corrected chi connectivity index (χ2v) is 34.8. The van der Waals surface area contributed by atoms with E-state index in [1.165, 1.54) is 80.5 Å². The largest absolute Gasteiger partial charge is 0.508 e. The SMILES string of the molecule is CCCC[C@H]1C(=O)N(C)CC(=O)N[C@@H](CC(=O)O)C(=O)N[C@@H](C(C)C)C(=O)N(C)[C@@H](Cc2ccccc2)C(=O)N[C@H]2Cc3ccc(O)cc3N(CC(=O)N[C@@H](Cc3c[nH]c4ccccc34)C(=O)N[C@@H](Cc3ccc(O)cc3)C(=O)N[C@@H](CC(C)C)C(=O)N[C@H](C(=O)NCC(N)=O)CSCC(=O)N[C@@H](Cc3c[nH]c4ccccc34)C(=O)N(C)[C@@H](Cc3ccccc3)C(=O)N1C)C2=O. The Morgan fingerprint density at radius 2 is 1.01 bits per heavy atom. The van der Waals surface area contributed by atoms with Gasteiger partial charge >= 0.3 is 5.97 Å². The van der Waals surface area contributed by atoms with Crippen LogP contribution in [-0.2, 0) is 115 Å². The van der Waals surface area contributed by atoms with Crippen molar-refractivity contribution in [3.8, 4) is 11.5 Å². The van der Waals surface area contributed by atoms with Crippen LogP contribution in [0.4, 0.5) is 5.69 Å². The Kier molecular flexibility index (Phi) is 34.9. The first-order chi connectivity index (χ1) is 62.4. The number of carbonyl (C=O) groups is 16. The molecule has 4 heterocycles. The Hall–Kier alpha value is -14.1. The number of carboxylic acid groups (broad SMARTS) is 1. The number of nitrogens with one attached hydrogen (secondary N) is 11. The maximum absolute atomic E-state index is 15.7. The average molecular weight is 1820 g/mol. The van der Waals surface area contributed by atoms with E-state index in [4.69, 9.17) is 5.73 Å². The number of carboxylic acids is 1. The lowest BCUT2D eigenvalue weighted by Gasteiger charge is -2.37. The summed E-state index contributed by atoms with van der Waals surface area (Å²) in [5.41, 5.74) is 9.77. The number of benzene rings is 6. The number of rotatable bonds is 21. The van der Waals surface area contributed by atoms with E-state index < -0.39 is 205 Å². The molecule has 16 N–H and O–H groups in total. The predicted octanol–water partition coefficient (Wildman–Crippen LogP) is 2.70. The number of phenolic OH excluding ortho intramolecular Hbond substituents is 2. The number of aromatic amines is 2. The Morgan fingerprint density at radius 3 is 1.60 bits per heavy atom. The number of amides is 15. The number of hydrogen-bond acceptors (Lipinski definition) is 19. The van der Waals surface area contributed by atoms with Crippen molar-refractivity contribution in [2.75, 3.05) is 64.2 Å². The number of unbranched alkanes of at least 4 members (excludes halogenated alkanes) is 1. The van der Waals surface area contributed by atoms with Gasteiger partial charge in [0.1, 0.15) is 84.5 Å². The van der Waals surface area contributed by atoms with Crippen LogP contribution in [0.1, 0.15) is 100 Å². The maximum Gasteiger partial charge on any atom is 0.305 e. The van der Waals surface area contributed by atoms with Crippen molar-refractivity contribution < 1.29 is 92.0 Å². The zero-order valence-corrected chi connectivity index (χ0v) is 75.3. The standard InChI is InChI=1S/C94H115N17O19S/c1-10-11-30-74-92(128)107(6)49-79(115)100-70(45-82(118)119)88(124)106-83(54(4)5)94(130)109(8)76(39-55-22-14-12-15-23-55)89(125)104-72-41-58-33-36-62(113)44-75(58)111(91(72)127)50-80(116)99-69(42-59-46-96-65-28-20-18-26-63(59)65)87(123)103-68(38-57-31-34-61(112)35-32-57)86(122)102-67(37-53(2)3)85(121)105-73(84(120)98-48-78(95)114)51-131-52-81(117)101-71(43-60-47-97-66-29-21-19-27-64(60)66)90(126)110(9)77(93(129)108(74)7)40-56-24-16-13-17-25-56/h12-29,31-36,44,46-47,53-54,67-74,76-77,83,96-97,112-113H,10-11,30,37-43,45,48-52H2,1-9H3,(H2,95,114)(H,98,120)(H,99,116)(H,100,115)(H,101,117)(H,102,122)(H,103,123)(H,104,125)(H,105,121)(H,106,124)(H,118,119)/t67-,68-,69-,70-,71-,72-,73-,74-,76-,77-,83-/m0/s1. The van der Waals surface area contributed by atoms with Crippen LogP contribution in [0.15, 0.2) is 164 Å². The summed E-state index contributed by atoms with van der Waals surface area (Å²) in [5.74, 6) is -17.8. The molecule has 1 fully saturated rings. The topological polar surface area (TPSA) is 516 Å². The van der Waals surface area contributed by atoms with Gasteiger partial charge in [0.2, 0.25) is 88.6 Å². The number of likely N-dealkylation sites (N-methyl/N-ethyl adjacent to an activating group) is 4. The molecular weight excluding hydrogens is 1700 g/mol. The van der Waals surface area contributed by atoms with Gasteiger partial charge in [0, 0.05) is 113 Å². The third-order valence-electron chi connectivity index (χ3n) is 23.1. The highest BCUT2D eigenvalue weighted by Crippen LogP contribution is 2.33. The number of para-hydroxylation sites is 2. The third kappa shape index (κ3) is 27.0. The molecule has 2 aliphatic heterocycles. The van der Waals surface area contributed by atoms with Gasteiger partial charge < -0.3 is 103 Å². The third-order valence-corrected chi connectivity index (χ3v) is 24.1. The minimum absolute atomic E-state index is 0.0246. The first kappa shape index (κ1) is 99.0. The van der Waals surface area contributed by atoms with Gasteiger partial charge in [0.05, 0.1) is 31.0 Å². The highest BCUT2D eigenvalue weighted by Gasteiger charge is 2.44. The second-order valence-electron chi connectivity index (χ2n) is 33.8. The molecule has 2 bridgehead atoms. The molecule has 11 atom stereocenters. The number of nitrogens with two attached hydrogens (primary N) is 1. The van der Waals surface area contributed by atoms with E-state index in [0.29, 0.717) is 68.0 Å². The maximum atomic E-state index is 15.7. The van der Waals surface area contributed by atoms with Gasteiger partial charge in [0.15, 0.2) is 0 Å². The Bertz CT molecular complexity index is 5480. The molecule has 0 spiro atoms. The molecule has 6 aromatic carbocycles. The average Bonchev–Trinajstić information content (AvgIpc) is 1.71. The van der Waals surface area contributed by atoms with Gasteiger partial charge in [-0.3, -0.25) is 76.7 Å². The minimum Gasteiger partial charge on any atom is -0.508 e. The molecule has 15 amide bonds. The molecule has 8 aromatic rings. The molecule has 0 aliphatic carbocycles. The van der Waals surface area contributed by atoms with Crippen LogP contribution in [0, 0.1) is 11.8 Å². The highest BCUT2D eigenvalue weighted by molar-refractivity contribution is 8.00. The summed E-state index contributed by atoms with van der Waals surface area (Å²) in [5, 5.41) is 57.0. The number of carbonyl (C=O) groups excluding carboxylic acids is 15. The number of H-pyrrole nitrogens is 2.